The van der Waals surface area contributed by atoms with E-state index in [-0.39, 0.29) is 23.8 Å². The van der Waals surface area contributed by atoms with E-state index in [4.69, 9.17) is 4.65 Å². The van der Waals surface area contributed by atoms with E-state index in [9.17, 15) is 19.7 Å². The van der Waals surface area contributed by atoms with Crippen LogP contribution < -0.4 is 20.6 Å². The average Bonchev–Trinajstić information content (AvgIpc) is 2.74. The van der Waals surface area contributed by atoms with E-state index in [0.717, 1.165) is 52.1 Å². The second-order valence-electron chi connectivity index (χ2n) is 8.26. The Labute approximate surface area is 183 Å². The van der Waals surface area contributed by atoms with Gasteiger partial charge in [0.25, 0.3) is 0 Å². The molecule has 0 bridgehead atoms. The number of likely N-dealkylation sites (N-methyl/N-ethyl adjacent to an activating group) is 1. The van der Waals surface area contributed by atoms with Gasteiger partial charge in [-0.05, 0) is 63.0 Å². The molecule has 1 atom stereocenters. The fraction of sp³-hybridized carbons (Fsp3) is 0.619. The molecule has 0 radical (unpaired) electrons. The summed E-state index contributed by atoms with van der Waals surface area (Å²) in [6.45, 7) is 8.08. The molecule has 2 heterocycles. The predicted molar refractivity (Wildman–Crippen MR) is 118 cm³/mol. The molecule has 1 amide bonds. The zero-order valence-electron chi connectivity index (χ0n) is 18.1. The molecule has 0 aliphatic carbocycles. The highest BCUT2D eigenvalue weighted by Crippen LogP contribution is 2.30. The van der Waals surface area contributed by atoms with E-state index in [1.165, 1.54) is 6.07 Å². The first-order valence-electron chi connectivity index (χ1n) is 11.1. The van der Waals surface area contributed by atoms with Gasteiger partial charge in [0.15, 0.2) is 0 Å². The lowest BCUT2D eigenvalue weighted by Crippen LogP contribution is -2.55. The number of amides is 1. The third-order valence-corrected chi connectivity index (χ3v) is 5.93. The van der Waals surface area contributed by atoms with Crippen molar-refractivity contribution in [3.8, 4) is 5.75 Å². The van der Waals surface area contributed by atoms with Crippen LogP contribution in [-0.4, -0.2) is 85.8 Å². The number of carbonyl (C=O) groups is 2. The number of rotatable bonds is 10. The summed E-state index contributed by atoms with van der Waals surface area (Å²) in [4.78, 5) is 26.0. The molecule has 1 aromatic rings. The Morgan fingerprint density at radius 3 is 2.68 bits per heavy atom. The lowest BCUT2D eigenvalue weighted by Gasteiger charge is -2.33. The number of fused-ring (bicyclic) bond motifs is 1. The number of nitrogens with zero attached hydrogens (tertiary/aromatic N) is 1. The minimum atomic E-state index is -1.28. The molecule has 10 heteroatoms. The van der Waals surface area contributed by atoms with Gasteiger partial charge in [0.05, 0.1) is 18.0 Å². The first kappa shape index (κ1) is 23.5. The van der Waals surface area contributed by atoms with Crippen LogP contribution in [0.4, 0.5) is 0 Å². The number of aromatic carboxylic acids is 1. The molecule has 0 spiro atoms. The Morgan fingerprint density at radius 2 is 1.97 bits per heavy atom. The van der Waals surface area contributed by atoms with E-state index in [0.29, 0.717) is 17.9 Å². The monoisotopic (exact) mass is 432 g/mol. The Bertz CT molecular complexity index is 757. The molecule has 170 valence electrons. The van der Waals surface area contributed by atoms with Crippen molar-refractivity contribution < 1.29 is 24.4 Å². The van der Waals surface area contributed by atoms with Gasteiger partial charge in [0.2, 0.25) is 5.91 Å². The lowest BCUT2D eigenvalue weighted by atomic mass is 9.72. The Hall–Kier alpha value is -2.14. The van der Waals surface area contributed by atoms with Crippen molar-refractivity contribution in [2.24, 2.45) is 5.92 Å². The minimum Gasteiger partial charge on any atom is -0.534 e. The molecule has 31 heavy (non-hydrogen) atoms. The van der Waals surface area contributed by atoms with Crippen molar-refractivity contribution in [2.75, 3.05) is 45.8 Å². The van der Waals surface area contributed by atoms with Gasteiger partial charge in [-0.25, -0.2) is 4.79 Å². The van der Waals surface area contributed by atoms with Gasteiger partial charge in [0, 0.05) is 13.1 Å². The topological polar surface area (TPSA) is 123 Å². The van der Waals surface area contributed by atoms with Gasteiger partial charge >= 0.3 is 13.1 Å². The number of nitrogens with one attached hydrogen (secondary N) is 3. The van der Waals surface area contributed by atoms with Crippen LogP contribution in [0.15, 0.2) is 18.2 Å². The van der Waals surface area contributed by atoms with Crippen LogP contribution in [0.1, 0.15) is 35.7 Å². The molecule has 0 aromatic heterocycles. The van der Waals surface area contributed by atoms with Crippen molar-refractivity contribution in [1.82, 2.24) is 20.9 Å². The number of para-hydroxylation sites is 1. The molecule has 2 aliphatic rings. The maximum absolute atomic E-state index is 12.5. The van der Waals surface area contributed by atoms with E-state index in [2.05, 4.69) is 27.8 Å². The fourth-order valence-electron chi connectivity index (χ4n) is 4.18. The smallest absolute Gasteiger partial charge is 0.534 e. The van der Waals surface area contributed by atoms with Crippen LogP contribution in [0.5, 0.6) is 5.75 Å². The number of carboxylic acid groups (broad SMARTS) is 1. The van der Waals surface area contributed by atoms with E-state index in [1.54, 1.807) is 12.1 Å². The molecule has 9 nitrogen and oxygen atoms in total. The minimum absolute atomic E-state index is 0.0142. The zero-order valence-corrected chi connectivity index (χ0v) is 18.1. The van der Waals surface area contributed by atoms with Crippen molar-refractivity contribution in [2.45, 2.75) is 32.1 Å². The molecular weight excluding hydrogens is 399 g/mol. The predicted octanol–water partition coefficient (Wildman–Crippen LogP) is -0.265. The highest BCUT2D eigenvalue weighted by molar-refractivity contribution is 6.47. The normalized spacial score (nSPS) is 19.5. The van der Waals surface area contributed by atoms with Gasteiger partial charge in [0.1, 0.15) is 5.75 Å². The Kier molecular flexibility index (Phi) is 8.71. The largest absolute Gasteiger partial charge is 0.547 e. The van der Waals surface area contributed by atoms with E-state index < -0.39 is 19.0 Å². The summed E-state index contributed by atoms with van der Waals surface area (Å²) in [7, 11) is -1.28. The number of carboxylic acids is 1. The first-order valence-corrected chi connectivity index (χ1v) is 11.1. The Balaban J connectivity index is 1.41. The molecule has 1 aromatic carbocycles. The van der Waals surface area contributed by atoms with Crippen LogP contribution >= 0.6 is 0 Å². The quantitative estimate of drug-likeness (QED) is 0.253. The summed E-state index contributed by atoms with van der Waals surface area (Å²) in [5.74, 6) is -1.07. The van der Waals surface area contributed by atoms with Crippen LogP contribution in [-0.2, 0) is 11.2 Å². The number of carbonyl (C=O) groups excluding carboxylic acids is 1. The maximum atomic E-state index is 12.5. The number of piperidine rings is 1. The molecular formula is C21H33BN4O5. The molecule has 2 aliphatic heterocycles. The Morgan fingerprint density at radius 1 is 1.23 bits per heavy atom. The van der Waals surface area contributed by atoms with Crippen LogP contribution in [0.3, 0.4) is 0 Å². The van der Waals surface area contributed by atoms with Crippen molar-refractivity contribution in [1.29, 1.82) is 0 Å². The number of benzene rings is 1. The van der Waals surface area contributed by atoms with Crippen molar-refractivity contribution >= 4 is 19.0 Å². The van der Waals surface area contributed by atoms with Gasteiger partial charge in [-0.1, -0.05) is 19.1 Å². The van der Waals surface area contributed by atoms with Crippen molar-refractivity contribution in [3.63, 3.8) is 0 Å². The van der Waals surface area contributed by atoms with E-state index in [1.807, 2.05) is 0 Å². The molecule has 1 fully saturated rings. The summed E-state index contributed by atoms with van der Waals surface area (Å²) in [6, 6.07) is 4.83. The van der Waals surface area contributed by atoms with Crippen LogP contribution in [0.2, 0.25) is 0 Å². The SMILES string of the molecule is CCNCCNCC1CCN(CC(=O)N[C@H]2Cc3cccc(C(=O)O)c3OB2O)CC1. The number of hydrogen-bond acceptors (Lipinski definition) is 7. The van der Waals surface area contributed by atoms with Gasteiger partial charge in [-0.3, -0.25) is 9.69 Å². The summed E-state index contributed by atoms with van der Waals surface area (Å²) in [5.41, 5.74) is 0.679. The van der Waals surface area contributed by atoms with Crippen LogP contribution in [0.25, 0.3) is 0 Å². The third kappa shape index (κ3) is 6.67. The molecule has 0 unspecified atom stereocenters. The summed E-state index contributed by atoms with van der Waals surface area (Å²) in [5, 5.41) is 29.2. The van der Waals surface area contributed by atoms with Crippen LogP contribution in [0, 0.1) is 5.92 Å². The molecule has 5 N–H and O–H groups in total. The van der Waals surface area contributed by atoms with Gasteiger partial charge in [-0.2, -0.15) is 0 Å². The number of hydrogen-bond donors (Lipinski definition) is 5. The third-order valence-electron chi connectivity index (χ3n) is 5.93. The lowest BCUT2D eigenvalue weighted by molar-refractivity contribution is -0.123. The van der Waals surface area contributed by atoms with E-state index >= 15 is 0 Å². The molecule has 3 rings (SSSR count). The summed E-state index contributed by atoms with van der Waals surface area (Å²) in [6.07, 6.45) is 2.44. The van der Waals surface area contributed by atoms with Gasteiger partial charge in [-0.15, -0.1) is 0 Å². The highest BCUT2D eigenvalue weighted by Gasteiger charge is 2.38. The first-order chi connectivity index (χ1) is 15.0. The fourth-order valence-corrected chi connectivity index (χ4v) is 4.18. The standard InChI is InChI=1S/C21H33BN4O5/c1-2-23-8-9-24-13-15-6-10-26(11-7-15)14-19(27)25-18-12-16-4-3-5-17(21(28)29)20(16)31-22(18)30/h3-5,15,18,23-24,30H,2,6-14H2,1H3,(H,25,27)(H,28,29)/t18-/m0/s1. The molecule has 1 saturated heterocycles. The zero-order chi connectivity index (χ0) is 22.2. The van der Waals surface area contributed by atoms with Crippen molar-refractivity contribution in [3.05, 3.63) is 29.3 Å². The second kappa shape index (κ2) is 11.5. The second-order valence-corrected chi connectivity index (χ2v) is 8.26. The van der Waals surface area contributed by atoms with Gasteiger partial charge < -0.3 is 30.7 Å². The summed E-state index contributed by atoms with van der Waals surface area (Å²) >= 11 is 0. The number of likely N-dealkylation sites (tertiary alicyclic amines) is 1. The maximum Gasteiger partial charge on any atom is 0.547 e. The average molecular weight is 432 g/mol. The molecule has 0 saturated carbocycles. The summed E-state index contributed by atoms with van der Waals surface area (Å²) < 4.78 is 5.44. The highest BCUT2D eigenvalue weighted by atomic mass is 16.5.